The Kier molecular flexibility index (Phi) is 14.3. The molecule has 1 nitrogen and oxygen atoms in total. The second-order valence-electron chi connectivity index (χ2n) is 5.29. The third-order valence-corrected chi connectivity index (χ3v) is 5.30. The van der Waals surface area contributed by atoms with Crippen molar-refractivity contribution in [2.45, 2.75) is 19.5 Å². The summed E-state index contributed by atoms with van der Waals surface area (Å²) in [7, 11) is -0.662. The average Bonchev–Trinajstić information content (AvgIpc) is 3.07. The molecule has 122 valence electrons. The van der Waals surface area contributed by atoms with Gasteiger partial charge < -0.3 is 29.9 Å². The van der Waals surface area contributed by atoms with Crippen molar-refractivity contribution in [2.24, 2.45) is 0 Å². The number of hydrogen-bond donors (Lipinski definition) is 1. The van der Waals surface area contributed by atoms with Crippen molar-refractivity contribution in [1.82, 2.24) is 0 Å². The molecule has 0 aromatic heterocycles. The molecule has 0 aliphatic heterocycles. The molecule has 0 saturated carbocycles. The first kappa shape index (κ1) is 25.1. The van der Waals surface area contributed by atoms with Crippen LogP contribution in [0.15, 0.2) is 60.7 Å². The van der Waals surface area contributed by atoms with Gasteiger partial charge >= 0.3 is 26.2 Å². The van der Waals surface area contributed by atoms with Crippen LogP contribution in [-0.4, -0.2) is 20.5 Å². The number of aliphatic hydroxyl groups excluding tert-OH is 1. The monoisotopic (exact) mass is 442 g/mol. The third-order valence-electron chi connectivity index (χ3n) is 3.49. The predicted octanol–water partition coefficient (Wildman–Crippen LogP) is -2.80. The van der Waals surface area contributed by atoms with Crippen LogP contribution in [0.3, 0.4) is 0 Å². The van der Waals surface area contributed by atoms with E-state index in [-0.39, 0.29) is 57.6 Å². The molecule has 0 unspecified atom stereocenters. The van der Waals surface area contributed by atoms with Crippen molar-refractivity contribution in [3.63, 3.8) is 0 Å². The van der Waals surface area contributed by atoms with Crippen LogP contribution in [0.25, 0.3) is 10.8 Å². The zero-order chi connectivity index (χ0) is 14.4. The van der Waals surface area contributed by atoms with Gasteiger partial charge in [0.05, 0.1) is 0 Å². The van der Waals surface area contributed by atoms with E-state index in [1.807, 2.05) is 0 Å². The maximum absolute atomic E-state index is 8.76. The van der Waals surface area contributed by atoms with Gasteiger partial charge in [-0.15, -0.1) is 29.7 Å². The van der Waals surface area contributed by atoms with E-state index >= 15 is 0 Å². The van der Waals surface area contributed by atoms with Gasteiger partial charge in [-0.1, -0.05) is 19.2 Å². The molecular weight excluding hydrogens is 422 g/mol. The van der Waals surface area contributed by atoms with E-state index in [4.69, 9.17) is 5.11 Å². The van der Waals surface area contributed by atoms with E-state index in [2.05, 4.69) is 73.8 Å². The molecular formula is C18H22Cl2OSiZr. The summed E-state index contributed by atoms with van der Waals surface area (Å²) >= 11 is 0. The first-order chi connectivity index (χ1) is 9.72. The number of hydrogen-bond acceptors (Lipinski definition) is 1. The van der Waals surface area contributed by atoms with Gasteiger partial charge in [0.1, 0.15) is 0 Å². The van der Waals surface area contributed by atoms with Gasteiger partial charge in [0, 0.05) is 15.4 Å². The van der Waals surface area contributed by atoms with Crippen LogP contribution in [0.1, 0.15) is 5.56 Å². The SMILES string of the molecule is C[SiH](C)[c-]1cccc1CCO.[Cl-].[Cl-].[Zr+4].c1ccc2[cH-]ccc2c1. The van der Waals surface area contributed by atoms with E-state index in [1.54, 1.807) is 0 Å². The summed E-state index contributed by atoms with van der Waals surface area (Å²) in [5.74, 6) is 0. The molecule has 3 aromatic carbocycles. The molecule has 0 spiro atoms. The van der Waals surface area contributed by atoms with Gasteiger partial charge in [-0.25, -0.2) is 12.1 Å². The maximum atomic E-state index is 8.76. The fourth-order valence-electron chi connectivity index (χ4n) is 2.45. The van der Waals surface area contributed by atoms with Crippen LogP contribution >= 0.6 is 0 Å². The van der Waals surface area contributed by atoms with E-state index < -0.39 is 8.80 Å². The quantitative estimate of drug-likeness (QED) is 0.342. The summed E-state index contributed by atoms with van der Waals surface area (Å²) < 4.78 is 0. The summed E-state index contributed by atoms with van der Waals surface area (Å²) in [5.41, 5.74) is 1.36. The van der Waals surface area contributed by atoms with Crippen LogP contribution < -0.4 is 30.0 Å². The zero-order valence-electron chi connectivity index (χ0n) is 13.5. The number of aliphatic hydroxyl groups is 1. The molecule has 23 heavy (non-hydrogen) atoms. The van der Waals surface area contributed by atoms with Gasteiger partial charge in [0.2, 0.25) is 0 Å². The molecule has 0 bridgehead atoms. The van der Waals surface area contributed by atoms with Crippen molar-refractivity contribution < 1.29 is 56.1 Å². The minimum absolute atomic E-state index is 0. The number of benzene rings is 1. The van der Waals surface area contributed by atoms with Crippen LogP contribution in [0.4, 0.5) is 0 Å². The molecule has 0 amide bonds. The van der Waals surface area contributed by atoms with Crippen LogP contribution in [0, 0.1) is 0 Å². The molecule has 0 atom stereocenters. The second kappa shape index (κ2) is 13.1. The zero-order valence-corrected chi connectivity index (χ0v) is 18.6. The first-order valence-corrected chi connectivity index (χ1v) is 10.1. The first-order valence-electron chi connectivity index (χ1n) is 7.18. The maximum Gasteiger partial charge on any atom is 4.00 e. The summed E-state index contributed by atoms with van der Waals surface area (Å²) in [5, 5.41) is 12.9. The molecule has 3 aromatic rings. The normalized spacial score (nSPS) is 9.22. The largest absolute Gasteiger partial charge is 4.00 e. The molecule has 0 heterocycles. The molecule has 3 rings (SSSR count). The van der Waals surface area contributed by atoms with E-state index in [9.17, 15) is 0 Å². The van der Waals surface area contributed by atoms with Crippen molar-refractivity contribution in [2.75, 3.05) is 6.61 Å². The summed E-state index contributed by atoms with van der Waals surface area (Å²) in [6.45, 7) is 4.91. The Morgan fingerprint density at radius 1 is 1.04 bits per heavy atom. The van der Waals surface area contributed by atoms with E-state index in [0.29, 0.717) is 0 Å². The topological polar surface area (TPSA) is 20.2 Å². The van der Waals surface area contributed by atoms with E-state index in [0.717, 1.165) is 6.42 Å². The second-order valence-corrected chi connectivity index (χ2v) is 8.22. The van der Waals surface area contributed by atoms with Crippen molar-refractivity contribution >= 4 is 24.8 Å². The number of fused-ring (bicyclic) bond motifs is 1. The third kappa shape index (κ3) is 7.49. The Labute approximate surface area is 172 Å². The minimum Gasteiger partial charge on any atom is -1.00 e. The van der Waals surface area contributed by atoms with E-state index in [1.165, 1.54) is 21.5 Å². The fraction of sp³-hybridized carbons (Fsp3) is 0.222. The van der Waals surface area contributed by atoms with Gasteiger partial charge in [0.15, 0.2) is 0 Å². The molecule has 0 fully saturated rings. The summed E-state index contributed by atoms with van der Waals surface area (Å²) in [6.07, 6.45) is 0.827. The Hall–Kier alpha value is -0.180. The van der Waals surface area contributed by atoms with Gasteiger partial charge in [0.25, 0.3) is 0 Å². The Bertz CT molecular complexity index is 619. The van der Waals surface area contributed by atoms with Crippen molar-refractivity contribution in [3.05, 3.63) is 66.2 Å². The van der Waals surface area contributed by atoms with Crippen molar-refractivity contribution in [1.29, 1.82) is 0 Å². The molecule has 0 saturated heterocycles. The van der Waals surface area contributed by atoms with Gasteiger partial charge in [-0.05, 0) is 6.42 Å². The average molecular weight is 445 g/mol. The standard InChI is InChI=1S/C9H15OSi.C9H7.2ClH.Zr/c1-11(2)9-5-3-4-8(9)6-7-10;1-2-5-9-7-3-6-8(9)4-1;;;/h3-5,10-11H,6-7H2,1-2H3;1-7H;2*1H;/q2*-1;;;+4/p-2. The molecule has 1 N–H and O–H groups in total. The minimum atomic E-state index is -0.662. The molecule has 5 heteroatoms. The van der Waals surface area contributed by atoms with Crippen molar-refractivity contribution in [3.8, 4) is 0 Å². The molecule has 0 aliphatic rings. The van der Waals surface area contributed by atoms with Crippen LogP contribution in [-0.2, 0) is 32.6 Å². The Morgan fingerprint density at radius 3 is 2.35 bits per heavy atom. The molecule has 0 radical (unpaired) electrons. The summed E-state index contributed by atoms with van der Waals surface area (Å²) in [4.78, 5) is 0. The van der Waals surface area contributed by atoms with Gasteiger partial charge in [-0.2, -0.15) is 34.3 Å². The van der Waals surface area contributed by atoms with Crippen LogP contribution in [0.5, 0.6) is 0 Å². The number of halogens is 2. The Balaban J connectivity index is 0. The van der Waals surface area contributed by atoms with Crippen LogP contribution in [0.2, 0.25) is 13.1 Å². The fourth-order valence-corrected chi connectivity index (χ4v) is 3.93. The summed E-state index contributed by atoms with van der Waals surface area (Å²) in [6, 6.07) is 21.1. The molecule has 0 aliphatic carbocycles. The number of rotatable bonds is 3. The van der Waals surface area contributed by atoms with Gasteiger partial charge in [-0.3, -0.25) is 0 Å². The Morgan fingerprint density at radius 2 is 1.74 bits per heavy atom. The predicted molar refractivity (Wildman–Crippen MR) is 90.9 cm³/mol. The smallest absolute Gasteiger partial charge is 1.00 e.